The first-order chi connectivity index (χ1) is 6.19. The Morgan fingerprint density at radius 2 is 1.81 bits per heavy atom. The molecule has 0 atom stereocenters. The number of methoxy groups -OCH3 is 1. The minimum absolute atomic E-state index is 0. The van der Waals surface area contributed by atoms with Crippen LogP contribution in [0.1, 0.15) is 0 Å². The van der Waals surface area contributed by atoms with Gasteiger partial charge in [0.1, 0.15) is 11.4 Å². The summed E-state index contributed by atoms with van der Waals surface area (Å²) in [7, 11) is 5.35. The van der Waals surface area contributed by atoms with Crippen molar-refractivity contribution >= 4 is 45.3 Å². The number of nitrogens with zero attached hydrogens (tertiary/aromatic N) is 3. The fraction of sp³-hybridized carbons (Fsp3) is 0.333. The molecular weight excluding hydrogens is 391 g/mol. The number of ether oxygens (including phenoxy) is 1. The quantitative estimate of drug-likeness (QED) is 0.559. The number of rotatable bonds is 2. The van der Waals surface area contributed by atoms with E-state index in [0.29, 0.717) is 11.4 Å². The largest absolute Gasteiger partial charge is 2.00 e. The van der Waals surface area contributed by atoms with Crippen LogP contribution < -0.4 is 9.64 Å². The number of halogens is 2. The molecule has 0 aliphatic carbocycles. The molecule has 0 heterocycles. The third kappa shape index (κ3) is 5.24. The van der Waals surface area contributed by atoms with Crippen molar-refractivity contribution in [3.8, 4) is 5.75 Å². The molecule has 16 heavy (non-hydrogen) atoms. The van der Waals surface area contributed by atoms with Crippen molar-refractivity contribution in [2.24, 2.45) is 0 Å². The van der Waals surface area contributed by atoms with Gasteiger partial charge < -0.3 is 9.64 Å². The van der Waals surface area contributed by atoms with Gasteiger partial charge in [-0.3, -0.25) is 0 Å². The van der Waals surface area contributed by atoms with Crippen LogP contribution in [0.5, 0.6) is 5.75 Å². The van der Waals surface area contributed by atoms with Gasteiger partial charge in [-0.1, -0.05) is 0 Å². The van der Waals surface area contributed by atoms with Crippen molar-refractivity contribution in [2.45, 2.75) is 0 Å². The molecule has 0 radical (unpaired) electrons. The summed E-state index contributed by atoms with van der Waals surface area (Å²) >= 11 is 0. The predicted octanol–water partition coefficient (Wildman–Crippen LogP) is 3.40. The van der Waals surface area contributed by atoms with Gasteiger partial charge in [0.25, 0.3) is 0 Å². The second-order valence-electron chi connectivity index (χ2n) is 2.85. The smallest absolute Gasteiger partial charge is 0.496 e. The van der Waals surface area contributed by atoms with Gasteiger partial charge in [-0.2, -0.15) is 0 Å². The molecule has 0 amide bonds. The molecule has 0 saturated carbocycles. The van der Waals surface area contributed by atoms with E-state index >= 15 is 0 Å². The number of diazo groups is 1. The maximum atomic E-state index is 8.73. The van der Waals surface area contributed by atoms with E-state index in [1.807, 2.05) is 31.1 Å². The molecule has 0 bridgehead atoms. The molecule has 0 aromatic heterocycles. The van der Waals surface area contributed by atoms with Crippen LogP contribution in [-0.2, 0) is 19.5 Å². The molecule has 0 N–H and O–H groups in total. The minimum Gasteiger partial charge on any atom is -0.496 e. The van der Waals surface area contributed by atoms with Gasteiger partial charge in [0.15, 0.2) is 4.98 Å². The molecule has 1 aromatic rings. The summed E-state index contributed by atoms with van der Waals surface area (Å²) in [4.78, 5) is 5.05. The number of hydrogen-bond donors (Lipinski definition) is 0. The first-order valence-electron chi connectivity index (χ1n) is 3.89. The zero-order valence-electron chi connectivity index (χ0n) is 9.51. The number of benzene rings is 1. The van der Waals surface area contributed by atoms with Gasteiger partial charge in [0.2, 0.25) is 5.39 Å². The van der Waals surface area contributed by atoms with Crippen molar-refractivity contribution in [3.05, 3.63) is 23.2 Å². The Bertz CT molecular complexity index is 355. The normalized spacial score (nSPS) is 7.38. The van der Waals surface area contributed by atoms with Crippen molar-refractivity contribution in [1.29, 1.82) is 5.39 Å². The summed E-state index contributed by atoms with van der Waals surface area (Å²) in [5.41, 5.74) is 1.35. The van der Waals surface area contributed by atoms with Gasteiger partial charge >= 0.3 is 25.2 Å². The fourth-order valence-corrected chi connectivity index (χ4v) is 1.09. The number of hydrogen-bond acceptors (Lipinski definition) is 3. The summed E-state index contributed by atoms with van der Waals surface area (Å²) in [6.07, 6.45) is 0. The average molecular weight is 405 g/mol. The fourth-order valence-electron chi connectivity index (χ4n) is 1.09. The molecule has 0 unspecified atom stereocenters. The summed E-state index contributed by atoms with van der Waals surface area (Å²) < 4.78 is 5.00. The van der Waals surface area contributed by atoms with Gasteiger partial charge in [-0.15, -0.1) is 34.0 Å². The monoisotopic (exact) mass is 402 g/mol. The Kier molecular flexibility index (Phi) is 13.2. The Morgan fingerprint density at radius 3 is 2.19 bits per heavy atom. The van der Waals surface area contributed by atoms with Crippen LogP contribution in [-0.4, -0.2) is 21.2 Å². The Hall–Kier alpha value is -0.177. The van der Waals surface area contributed by atoms with Crippen LogP contribution in [0.15, 0.2) is 18.2 Å². The second kappa shape index (κ2) is 10.0. The molecule has 84 valence electrons. The van der Waals surface area contributed by atoms with E-state index in [2.05, 4.69) is 4.98 Å². The van der Waals surface area contributed by atoms with Crippen molar-refractivity contribution in [2.75, 3.05) is 26.1 Å². The van der Waals surface area contributed by atoms with Gasteiger partial charge in [0, 0.05) is 14.1 Å². The molecule has 1 aromatic carbocycles. The van der Waals surface area contributed by atoms with E-state index in [0.717, 1.165) is 5.69 Å². The van der Waals surface area contributed by atoms with Crippen LogP contribution in [0.25, 0.3) is 4.98 Å². The Morgan fingerprint density at radius 1 is 1.25 bits per heavy atom. The van der Waals surface area contributed by atoms with Crippen molar-refractivity contribution in [3.63, 3.8) is 0 Å². The van der Waals surface area contributed by atoms with Crippen LogP contribution >= 0.6 is 34.0 Å². The van der Waals surface area contributed by atoms with E-state index < -0.39 is 0 Å². The molecule has 1 rings (SSSR count). The van der Waals surface area contributed by atoms with E-state index in [1.165, 1.54) is 0 Å². The maximum absolute atomic E-state index is 8.73. The standard InChI is InChI=1S/C9H12N3O.2BrH.Zn/c1-12(2)9-5-4-7(13-3)6-8(9)11-10;;;/h4-6H,1-3H3;2*1H;/q+1;;;+2. The first-order valence-corrected chi connectivity index (χ1v) is 3.89. The SMILES string of the molecule is Br.Br.COc1ccc(N(C)C)c([N+]#N)c1.[Zn+2]. The Balaban J connectivity index is -0.000000563. The molecule has 0 aliphatic heterocycles. The minimum atomic E-state index is 0. The Labute approximate surface area is 129 Å². The average Bonchev–Trinajstić information content (AvgIpc) is 2.16. The van der Waals surface area contributed by atoms with Crippen LogP contribution in [0.4, 0.5) is 11.4 Å². The molecule has 0 saturated heterocycles. The van der Waals surface area contributed by atoms with Crippen LogP contribution in [0, 0.1) is 5.39 Å². The zero-order chi connectivity index (χ0) is 9.84. The van der Waals surface area contributed by atoms with Gasteiger partial charge in [-0.25, -0.2) is 0 Å². The zero-order valence-corrected chi connectivity index (χ0v) is 15.9. The van der Waals surface area contributed by atoms with E-state index in [9.17, 15) is 0 Å². The molecule has 7 heteroatoms. The van der Waals surface area contributed by atoms with Crippen molar-refractivity contribution < 1.29 is 24.2 Å². The maximum Gasteiger partial charge on any atom is 2.00 e. The molecular formula is C9H14Br2N3OZn+3. The third-order valence-corrected chi connectivity index (χ3v) is 1.77. The predicted molar refractivity (Wildman–Crippen MR) is 72.7 cm³/mol. The second-order valence-corrected chi connectivity index (χ2v) is 2.85. The number of anilines is 1. The summed E-state index contributed by atoms with van der Waals surface area (Å²) in [5.74, 6) is 0.679. The summed E-state index contributed by atoms with van der Waals surface area (Å²) in [5, 5.41) is 8.73. The molecule has 0 spiro atoms. The van der Waals surface area contributed by atoms with E-state index in [4.69, 9.17) is 10.1 Å². The first kappa shape index (κ1) is 21.1. The van der Waals surface area contributed by atoms with Gasteiger partial charge in [-0.05, 0) is 12.1 Å². The van der Waals surface area contributed by atoms with E-state index in [1.54, 1.807) is 13.2 Å². The third-order valence-electron chi connectivity index (χ3n) is 1.77. The molecule has 0 aliphatic rings. The topological polar surface area (TPSA) is 40.6 Å². The van der Waals surface area contributed by atoms with Crippen LogP contribution in [0.2, 0.25) is 0 Å². The van der Waals surface area contributed by atoms with E-state index in [-0.39, 0.29) is 53.4 Å². The molecule has 4 nitrogen and oxygen atoms in total. The van der Waals surface area contributed by atoms with Gasteiger partial charge in [0.05, 0.1) is 13.2 Å². The summed E-state index contributed by atoms with van der Waals surface area (Å²) in [6.45, 7) is 0. The van der Waals surface area contributed by atoms with Crippen LogP contribution in [0.3, 0.4) is 0 Å². The van der Waals surface area contributed by atoms with Crippen molar-refractivity contribution in [1.82, 2.24) is 0 Å². The summed E-state index contributed by atoms with van der Waals surface area (Å²) in [6, 6.07) is 5.34. The molecule has 0 fully saturated rings.